The highest BCUT2D eigenvalue weighted by Crippen LogP contribution is 2.30. The van der Waals surface area contributed by atoms with Crippen molar-refractivity contribution in [3.63, 3.8) is 0 Å². The average molecular weight is 412 g/mol. The summed E-state index contributed by atoms with van der Waals surface area (Å²) in [7, 11) is 0. The molecule has 1 atom stereocenters. The fraction of sp³-hybridized carbons (Fsp3) is 0.280. The maximum Gasteiger partial charge on any atom is 0.265 e. The summed E-state index contributed by atoms with van der Waals surface area (Å²) in [6.45, 7) is 10.2. The van der Waals surface area contributed by atoms with Crippen LogP contribution in [0.2, 0.25) is 0 Å². The number of aromatic nitrogens is 5. The Bertz CT molecular complexity index is 1520. The van der Waals surface area contributed by atoms with Crippen LogP contribution in [0.15, 0.2) is 47.3 Å². The highest BCUT2D eigenvalue weighted by atomic mass is 16.1. The van der Waals surface area contributed by atoms with Crippen molar-refractivity contribution < 1.29 is 0 Å². The van der Waals surface area contributed by atoms with E-state index in [4.69, 9.17) is 15.0 Å². The number of rotatable bonds is 3. The van der Waals surface area contributed by atoms with Crippen LogP contribution in [0.5, 0.6) is 0 Å². The molecule has 2 aromatic carbocycles. The van der Waals surface area contributed by atoms with Gasteiger partial charge >= 0.3 is 0 Å². The topological polar surface area (TPSA) is 65.6 Å². The molecular formula is C25H25N5O. The number of aryl methyl sites for hydroxylation is 3. The molecule has 0 aliphatic carbocycles. The van der Waals surface area contributed by atoms with Gasteiger partial charge in [0.1, 0.15) is 16.7 Å². The van der Waals surface area contributed by atoms with Gasteiger partial charge in [0.2, 0.25) is 0 Å². The van der Waals surface area contributed by atoms with E-state index in [0.29, 0.717) is 28.0 Å². The van der Waals surface area contributed by atoms with Gasteiger partial charge in [0.15, 0.2) is 11.3 Å². The van der Waals surface area contributed by atoms with Gasteiger partial charge in [-0.3, -0.25) is 13.9 Å². The Morgan fingerprint density at radius 2 is 1.55 bits per heavy atom. The molecule has 0 spiro atoms. The standard InChI is InChI=1S/C25H25N5O/c1-6-16(4)29-17(5)26-23-21(25(29)31)22-24(28-20-10-8-7-9-19(20)27-22)30(23)18-12-14(2)11-15(3)13-18/h7-13,16H,6H2,1-5H3/t16-/m0/s1. The first kappa shape index (κ1) is 19.4. The second-order valence-electron chi connectivity index (χ2n) is 8.36. The lowest BCUT2D eigenvalue weighted by Gasteiger charge is -2.16. The molecule has 6 nitrogen and oxygen atoms in total. The molecule has 3 heterocycles. The smallest absolute Gasteiger partial charge is 0.265 e. The summed E-state index contributed by atoms with van der Waals surface area (Å²) in [5, 5.41) is 0.526. The third kappa shape index (κ3) is 2.93. The fourth-order valence-electron chi connectivity index (χ4n) is 4.44. The Morgan fingerprint density at radius 1 is 0.903 bits per heavy atom. The van der Waals surface area contributed by atoms with E-state index in [1.54, 1.807) is 4.57 Å². The molecule has 156 valence electrons. The normalized spacial score (nSPS) is 12.8. The van der Waals surface area contributed by atoms with Gasteiger partial charge in [-0.15, -0.1) is 0 Å². The summed E-state index contributed by atoms with van der Waals surface area (Å²) < 4.78 is 3.77. The molecule has 0 saturated carbocycles. The highest BCUT2D eigenvalue weighted by molar-refractivity contribution is 6.05. The van der Waals surface area contributed by atoms with E-state index in [0.717, 1.165) is 34.3 Å². The highest BCUT2D eigenvalue weighted by Gasteiger charge is 2.23. The predicted octanol–water partition coefficient (Wildman–Crippen LogP) is 5.18. The Labute approximate surface area is 180 Å². The molecule has 0 unspecified atom stereocenters. The molecule has 0 aliphatic heterocycles. The van der Waals surface area contributed by atoms with Gasteiger partial charge in [0.25, 0.3) is 5.56 Å². The van der Waals surface area contributed by atoms with Crippen molar-refractivity contribution in [3.8, 4) is 5.69 Å². The lowest BCUT2D eigenvalue weighted by molar-refractivity contribution is 0.497. The van der Waals surface area contributed by atoms with Crippen LogP contribution in [0.25, 0.3) is 38.9 Å². The van der Waals surface area contributed by atoms with Crippen molar-refractivity contribution in [2.45, 2.75) is 47.1 Å². The van der Waals surface area contributed by atoms with Gasteiger partial charge in [-0.05, 0) is 69.5 Å². The largest absolute Gasteiger partial charge is 0.293 e. The molecule has 0 amide bonds. The molecule has 5 aromatic rings. The molecule has 31 heavy (non-hydrogen) atoms. The minimum absolute atomic E-state index is 0.0532. The number of nitrogens with zero attached hydrogens (tertiary/aromatic N) is 5. The van der Waals surface area contributed by atoms with Gasteiger partial charge in [-0.25, -0.2) is 15.0 Å². The van der Waals surface area contributed by atoms with Gasteiger partial charge in [0.05, 0.1) is 11.0 Å². The third-order valence-corrected chi connectivity index (χ3v) is 5.98. The Morgan fingerprint density at radius 3 is 2.19 bits per heavy atom. The second-order valence-corrected chi connectivity index (χ2v) is 8.36. The van der Waals surface area contributed by atoms with E-state index in [1.165, 1.54) is 0 Å². The Hall–Kier alpha value is -3.54. The van der Waals surface area contributed by atoms with E-state index < -0.39 is 0 Å². The van der Waals surface area contributed by atoms with Crippen LogP contribution in [-0.4, -0.2) is 24.1 Å². The molecule has 5 rings (SSSR count). The molecule has 3 aromatic heterocycles. The molecule has 0 saturated heterocycles. The first-order chi connectivity index (χ1) is 14.9. The predicted molar refractivity (Wildman–Crippen MR) is 125 cm³/mol. The zero-order valence-electron chi connectivity index (χ0n) is 18.5. The maximum atomic E-state index is 13.7. The van der Waals surface area contributed by atoms with Gasteiger partial charge < -0.3 is 0 Å². The van der Waals surface area contributed by atoms with Gasteiger partial charge in [-0.1, -0.05) is 25.1 Å². The zero-order valence-corrected chi connectivity index (χ0v) is 18.5. The molecule has 0 aliphatic rings. The van der Waals surface area contributed by atoms with E-state index in [1.807, 2.05) is 42.7 Å². The zero-order chi connectivity index (χ0) is 21.9. The minimum Gasteiger partial charge on any atom is -0.293 e. The van der Waals surface area contributed by atoms with Crippen molar-refractivity contribution in [1.82, 2.24) is 24.1 Å². The third-order valence-electron chi connectivity index (χ3n) is 5.98. The van der Waals surface area contributed by atoms with E-state index in [-0.39, 0.29) is 11.6 Å². The van der Waals surface area contributed by atoms with Crippen molar-refractivity contribution >= 4 is 33.2 Å². The Balaban J connectivity index is 2.03. The summed E-state index contributed by atoms with van der Waals surface area (Å²) >= 11 is 0. The number of fused-ring (bicyclic) bond motifs is 4. The second kappa shape index (κ2) is 7.01. The van der Waals surface area contributed by atoms with Crippen molar-refractivity contribution in [2.24, 2.45) is 0 Å². The SMILES string of the molecule is CC[C@H](C)n1c(C)nc2c(c1=O)c1nc3ccccc3nc1n2-c1cc(C)cc(C)c1. The van der Waals surface area contributed by atoms with E-state index in [9.17, 15) is 4.79 Å². The Kier molecular flexibility index (Phi) is 4.39. The number of hydrogen-bond donors (Lipinski definition) is 0. The summed E-state index contributed by atoms with van der Waals surface area (Å²) in [6.07, 6.45) is 0.845. The first-order valence-corrected chi connectivity index (χ1v) is 10.7. The molecular weight excluding hydrogens is 386 g/mol. The number of hydrogen-bond acceptors (Lipinski definition) is 4. The minimum atomic E-state index is -0.0606. The monoisotopic (exact) mass is 411 g/mol. The lowest BCUT2D eigenvalue weighted by atomic mass is 10.1. The lowest BCUT2D eigenvalue weighted by Crippen LogP contribution is -2.26. The van der Waals surface area contributed by atoms with Crippen molar-refractivity contribution in [1.29, 1.82) is 0 Å². The van der Waals surface area contributed by atoms with Gasteiger partial charge in [0, 0.05) is 11.7 Å². The van der Waals surface area contributed by atoms with E-state index in [2.05, 4.69) is 39.0 Å². The van der Waals surface area contributed by atoms with Crippen LogP contribution in [-0.2, 0) is 0 Å². The molecule has 0 N–H and O–H groups in total. The van der Waals surface area contributed by atoms with Crippen LogP contribution >= 0.6 is 0 Å². The van der Waals surface area contributed by atoms with E-state index >= 15 is 0 Å². The average Bonchev–Trinajstić information content (AvgIpc) is 3.04. The van der Waals surface area contributed by atoms with Crippen LogP contribution in [0.4, 0.5) is 0 Å². The van der Waals surface area contributed by atoms with Crippen LogP contribution in [0, 0.1) is 20.8 Å². The van der Waals surface area contributed by atoms with Crippen molar-refractivity contribution in [3.05, 3.63) is 69.8 Å². The first-order valence-electron chi connectivity index (χ1n) is 10.7. The molecule has 0 radical (unpaired) electrons. The van der Waals surface area contributed by atoms with Crippen molar-refractivity contribution in [2.75, 3.05) is 0 Å². The molecule has 6 heteroatoms. The van der Waals surface area contributed by atoms with Gasteiger partial charge in [-0.2, -0.15) is 0 Å². The summed E-state index contributed by atoms with van der Waals surface area (Å²) in [5.41, 5.74) is 6.59. The number of benzene rings is 2. The summed E-state index contributed by atoms with van der Waals surface area (Å²) in [6, 6.07) is 14.1. The fourth-order valence-corrected chi connectivity index (χ4v) is 4.44. The summed E-state index contributed by atoms with van der Waals surface area (Å²) in [5.74, 6) is 0.699. The maximum absolute atomic E-state index is 13.7. The quantitative estimate of drug-likeness (QED) is 0.410. The molecule has 0 fully saturated rings. The van der Waals surface area contributed by atoms with Crippen LogP contribution in [0.3, 0.4) is 0 Å². The summed E-state index contributed by atoms with van der Waals surface area (Å²) in [4.78, 5) is 28.4. The van der Waals surface area contributed by atoms with Crippen LogP contribution in [0.1, 0.15) is 43.3 Å². The van der Waals surface area contributed by atoms with Crippen LogP contribution < -0.4 is 5.56 Å². The molecule has 0 bridgehead atoms. The number of para-hydroxylation sites is 2.